The number of ether oxygens (including phenoxy) is 1. The zero-order valence-electron chi connectivity index (χ0n) is 31.1. The van der Waals surface area contributed by atoms with Crippen molar-refractivity contribution in [1.82, 2.24) is 29.1 Å². The molecule has 3 fully saturated rings. The van der Waals surface area contributed by atoms with Crippen LogP contribution in [0.4, 0.5) is 5.82 Å². The number of benzene rings is 1. The van der Waals surface area contributed by atoms with Crippen LogP contribution in [0.3, 0.4) is 0 Å². The van der Waals surface area contributed by atoms with Gasteiger partial charge in [-0.25, -0.2) is 23.1 Å². The zero-order chi connectivity index (χ0) is 39.4. The van der Waals surface area contributed by atoms with Gasteiger partial charge in [0.05, 0.1) is 58.4 Å². The van der Waals surface area contributed by atoms with Crippen LogP contribution in [0.25, 0.3) is 32.2 Å². The van der Waals surface area contributed by atoms with Crippen LogP contribution >= 0.6 is 22.9 Å². The molecule has 4 aromatic heterocycles. The van der Waals surface area contributed by atoms with E-state index in [0.717, 1.165) is 39.1 Å². The maximum atomic E-state index is 14.2. The molecular weight excluding hydrogens is 772 g/mol. The minimum atomic E-state index is -3.77. The lowest BCUT2D eigenvalue weighted by Crippen LogP contribution is -2.61. The second-order valence-electron chi connectivity index (χ2n) is 14.8. The van der Waals surface area contributed by atoms with Gasteiger partial charge >= 0.3 is 0 Å². The van der Waals surface area contributed by atoms with Crippen molar-refractivity contribution in [2.75, 3.05) is 44.0 Å². The smallest absolute Gasteiger partial charge is 0.267 e. The highest BCUT2D eigenvalue weighted by molar-refractivity contribution is 7.90. The van der Waals surface area contributed by atoms with Gasteiger partial charge in [0.1, 0.15) is 23.3 Å². The lowest BCUT2D eigenvalue weighted by molar-refractivity contribution is -0.185. The summed E-state index contributed by atoms with van der Waals surface area (Å²) in [5.74, 6) is 6.23. The molecule has 0 atom stereocenters. The molecule has 5 aromatic rings. The second-order valence-corrected chi connectivity index (χ2v) is 18.2. The van der Waals surface area contributed by atoms with Crippen molar-refractivity contribution in [1.29, 1.82) is 5.26 Å². The van der Waals surface area contributed by atoms with E-state index in [9.17, 15) is 23.3 Å². The molecule has 2 aliphatic heterocycles. The molecule has 8 rings (SSSR count). The van der Waals surface area contributed by atoms with Crippen LogP contribution in [0.2, 0.25) is 5.02 Å². The average Bonchev–Trinajstić information content (AvgIpc) is 3.60. The summed E-state index contributed by atoms with van der Waals surface area (Å²) in [7, 11) is -1.82. The number of aryl methyl sites for hydroxylation is 1. The maximum absolute atomic E-state index is 14.2. The lowest BCUT2D eigenvalue weighted by Gasteiger charge is -2.57. The lowest BCUT2D eigenvalue weighted by atomic mass is 9.63. The van der Waals surface area contributed by atoms with Crippen LogP contribution in [-0.2, 0) is 21.3 Å². The van der Waals surface area contributed by atoms with Gasteiger partial charge in [0.2, 0.25) is 10.0 Å². The predicted octanol–water partition coefficient (Wildman–Crippen LogP) is 5.11. The monoisotopic (exact) mass is 810 g/mol. The Morgan fingerprint density at radius 3 is 2.64 bits per heavy atom. The number of fused-ring (bicyclic) bond motifs is 2. The normalized spacial score (nSPS) is 17.2. The fourth-order valence-corrected chi connectivity index (χ4v) is 9.88. The van der Waals surface area contributed by atoms with Crippen LogP contribution in [-0.4, -0.2) is 89.9 Å². The Morgan fingerprint density at radius 1 is 1.18 bits per heavy atom. The number of pyridine rings is 2. The summed E-state index contributed by atoms with van der Waals surface area (Å²) in [6.07, 6.45) is 7.43. The molecule has 1 N–H and O–H groups in total. The summed E-state index contributed by atoms with van der Waals surface area (Å²) >= 11 is 7.72. The molecule has 16 heteroatoms. The Morgan fingerprint density at radius 2 is 1.95 bits per heavy atom. The molecule has 0 bridgehead atoms. The minimum absolute atomic E-state index is 0.00204. The van der Waals surface area contributed by atoms with E-state index in [2.05, 4.69) is 47.4 Å². The highest BCUT2D eigenvalue weighted by Gasteiger charge is 2.51. The van der Waals surface area contributed by atoms with E-state index in [0.29, 0.717) is 60.5 Å². The molecule has 6 heterocycles. The molecule has 0 radical (unpaired) electrons. The van der Waals surface area contributed by atoms with E-state index in [1.807, 2.05) is 7.05 Å². The second kappa shape index (κ2) is 14.9. The number of piperidine rings is 1. The molecule has 56 heavy (non-hydrogen) atoms. The Labute approximate surface area is 333 Å². The molecule has 1 amide bonds. The molecule has 0 unspecified atom stereocenters. The van der Waals surface area contributed by atoms with Crippen LogP contribution < -0.4 is 15.2 Å². The predicted molar refractivity (Wildman–Crippen MR) is 216 cm³/mol. The van der Waals surface area contributed by atoms with Crippen LogP contribution in [0, 0.1) is 35.5 Å². The fraction of sp³-hybridized carbons (Fsp3) is 0.400. The number of hydrogen-bond acceptors (Lipinski definition) is 12. The van der Waals surface area contributed by atoms with Gasteiger partial charge in [-0.2, -0.15) is 5.26 Å². The Hall–Kier alpha value is -4.90. The molecule has 13 nitrogen and oxygen atoms in total. The van der Waals surface area contributed by atoms with Gasteiger partial charge in [-0.3, -0.25) is 19.1 Å². The summed E-state index contributed by atoms with van der Waals surface area (Å²) in [6, 6.07) is 10.1. The summed E-state index contributed by atoms with van der Waals surface area (Å²) < 4.78 is 33.8. The van der Waals surface area contributed by atoms with Crippen LogP contribution in [0.15, 0.2) is 46.8 Å². The number of likely N-dealkylation sites (tertiary alicyclic amines) is 1. The standard InChI is InChI=1S/C40H39ClN8O5S2/c1-4-56(52,53)46-38(50)32-21-55-36-29(9-12-43-35(32)36)30-16-26(41)8-7-25(30)6-5-13-49-24(2)45-33-20-44-37(31(19-42)34(33)39(49)51)47(3)27-10-14-48(15-11-27)28-17-40(18-28)22-54-23-40/h7-9,12,16,20-21,27-28H,4,10-11,13-15,17-18,22-23H2,1-3H3,(H,46,50). The minimum Gasteiger partial charge on any atom is -0.380 e. The SMILES string of the molecule is CCS(=O)(=O)NC(=O)c1csc2c(-c3cc(Cl)ccc3C#CCn3c(C)nc4cnc(N(C)C5CCN(C6CC7(COC7)C6)CC5)c(C#N)c4c3=O)ccnc12. The Bertz CT molecular complexity index is 2680. The molecule has 1 aliphatic carbocycles. The third-order valence-electron chi connectivity index (χ3n) is 11.4. The largest absolute Gasteiger partial charge is 0.380 e. The van der Waals surface area contributed by atoms with Crippen molar-refractivity contribution in [2.45, 2.75) is 58.2 Å². The fourth-order valence-electron chi connectivity index (χ4n) is 8.14. The number of aromatic nitrogens is 4. The number of sulfonamides is 1. The molecule has 1 saturated carbocycles. The number of amides is 1. The quantitative estimate of drug-likeness (QED) is 0.207. The number of carbonyl (C=O) groups is 1. The molecule has 288 valence electrons. The number of nitriles is 1. The van der Waals surface area contributed by atoms with Gasteiger partial charge in [-0.1, -0.05) is 23.4 Å². The first-order chi connectivity index (χ1) is 26.9. The number of halogens is 1. The summed E-state index contributed by atoms with van der Waals surface area (Å²) in [4.78, 5) is 45.4. The Kier molecular flexibility index (Phi) is 10.1. The van der Waals surface area contributed by atoms with E-state index in [1.54, 1.807) is 49.0 Å². The zero-order valence-corrected chi connectivity index (χ0v) is 33.5. The van der Waals surface area contributed by atoms with Gasteiger partial charge in [0, 0.05) is 70.9 Å². The number of carbonyl (C=O) groups excluding carboxylic acids is 1. The number of anilines is 1. The maximum Gasteiger partial charge on any atom is 0.267 e. The van der Waals surface area contributed by atoms with Crippen molar-refractivity contribution in [3.63, 3.8) is 0 Å². The topological polar surface area (TPSA) is 163 Å². The summed E-state index contributed by atoms with van der Waals surface area (Å²) in [5, 5.41) is 12.7. The van der Waals surface area contributed by atoms with E-state index < -0.39 is 15.9 Å². The van der Waals surface area contributed by atoms with Gasteiger partial charge in [0.25, 0.3) is 11.5 Å². The molecule has 2 saturated heterocycles. The van der Waals surface area contributed by atoms with Crippen molar-refractivity contribution in [3.05, 3.63) is 79.9 Å². The van der Waals surface area contributed by atoms with Gasteiger partial charge in [0.15, 0.2) is 0 Å². The number of hydrogen-bond donors (Lipinski definition) is 1. The van der Waals surface area contributed by atoms with Crippen molar-refractivity contribution in [3.8, 4) is 29.0 Å². The van der Waals surface area contributed by atoms with Crippen LogP contribution in [0.1, 0.15) is 59.9 Å². The van der Waals surface area contributed by atoms with Crippen molar-refractivity contribution >= 4 is 65.8 Å². The van der Waals surface area contributed by atoms with E-state index >= 15 is 0 Å². The van der Waals surface area contributed by atoms with Crippen molar-refractivity contribution < 1.29 is 17.9 Å². The summed E-state index contributed by atoms with van der Waals surface area (Å²) in [6.45, 7) is 6.93. The van der Waals surface area contributed by atoms with Gasteiger partial charge in [-0.15, -0.1) is 11.3 Å². The first-order valence-corrected chi connectivity index (χ1v) is 21.4. The highest BCUT2D eigenvalue weighted by atomic mass is 35.5. The number of thiophene rings is 1. The third-order valence-corrected chi connectivity index (χ3v) is 13.9. The molecular formula is C40H39ClN8O5S2. The van der Waals surface area contributed by atoms with Gasteiger partial charge < -0.3 is 14.5 Å². The van der Waals surface area contributed by atoms with E-state index in [-0.39, 0.29) is 40.4 Å². The van der Waals surface area contributed by atoms with E-state index in [1.165, 1.54) is 35.7 Å². The first-order valence-electron chi connectivity index (χ1n) is 18.5. The summed E-state index contributed by atoms with van der Waals surface area (Å²) in [5.41, 5.74) is 3.11. The molecule has 3 aliphatic rings. The molecule has 1 aromatic carbocycles. The molecule has 1 spiro atoms. The van der Waals surface area contributed by atoms with Crippen molar-refractivity contribution in [2.24, 2.45) is 5.41 Å². The Balaban J connectivity index is 1.05. The average molecular weight is 811 g/mol. The number of nitrogens with one attached hydrogen (secondary N) is 1. The highest BCUT2D eigenvalue weighted by Crippen LogP contribution is 2.49. The van der Waals surface area contributed by atoms with Gasteiger partial charge in [-0.05, 0) is 63.8 Å². The van der Waals surface area contributed by atoms with Crippen LogP contribution in [0.5, 0.6) is 0 Å². The third kappa shape index (κ3) is 6.92. The first kappa shape index (κ1) is 38.0. The number of nitrogens with zero attached hydrogens (tertiary/aromatic N) is 7. The number of rotatable bonds is 8. The van der Waals surface area contributed by atoms with E-state index in [4.69, 9.17) is 16.3 Å².